The quantitative estimate of drug-likeness (QED) is 0.561. The first kappa shape index (κ1) is 14.5. The van der Waals surface area contributed by atoms with Gasteiger partial charge < -0.3 is 5.32 Å². The molecule has 2 nitrogen and oxygen atoms in total. The van der Waals surface area contributed by atoms with E-state index in [0.717, 1.165) is 18.9 Å². The summed E-state index contributed by atoms with van der Waals surface area (Å²) in [7, 11) is 0. The van der Waals surface area contributed by atoms with Crippen LogP contribution in [0.5, 0.6) is 0 Å². The van der Waals surface area contributed by atoms with Crippen molar-refractivity contribution in [1.29, 1.82) is 5.26 Å². The second-order valence-corrected chi connectivity index (χ2v) is 5.82. The molecule has 0 aromatic heterocycles. The smallest absolute Gasteiger partial charge is 0.0672 e. The summed E-state index contributed by atoms with van der Waals surface area (Å²) in [6.07, 6.45) is 10.0. The van der Waals surface area contributed by atoms with E-state index < -0.39 is 0 Å². The Morgan fingerprint density at radius 1 is 1.18 bits per heavy atom. The van der Waals surface area contributed by atoms with Gasteiger partial charge in [0.2, 0.25) is 0 Å². The molecule has 1 fully saturated rings. The molecule has 2 atom stereocenters. The van der Waals surface area contributed by atoms with Crippen molar-refractivity contribution in [3.05, 3.63) is 0 Å². The van der Waals surface area contributed by atoms with Crippen LogP contribution >= 0.6 is 0 Å². The molecule has 0 bridgehead atoms. The molecule has 1 aliphatic carbocycles. The predicted octanol–water partition coefficient (Wildman–Crippen LogP) is 3.87. The van der Waals surface area contributed by atoms with Crippen LogP contribution in [0.3, 0.4) is 0 Å². The zero-order valence-electron chi connectivity index (χ0n) is 11.5. The van der Waals surface area contributed by atoms with E-state index in [2.05, 4.69) is 25.2 Å². The Morgan fingerprint density at radius 3 is 2.65 bits per heavy atom. The Bertz CT molecular complexity index is 230. The van der Waals surface area contributed by atoms with Crippen molar-refractivity contribution in [2.45, 2.75) is 71.3 Å². The van der Waals surface area contributed by atoms with Crippen molar-refractivity contribution in [2.75, 3.05) is 6.54 Å². The summed E-state index contributed by atoms with van der Waals surface area (Å²) >= 11 is 0. The van der Waals surface area contributed by atoms with Gasteiger partial charge >= 0.3 is 0 Å². The molecule has 1 saturated carbocycles. The van der Waals surface area contributed by atoms with E-state index in [9.17, 15) is 5.26 Å². The lowest BCUT2D eigenvalue weighted by atomic mass is 9.96. The van der Waals surface area contributed by atoms with Crippen molar-refractivity contribution in [2.24, 2.45) is 11.8 Å². The van der Waals surface area contributed by atoms with E-state index in [4.69, 9.17) is 0 Å². The van der Waals surface area contributed by atoms with E-state index in [1.54, 1.807) is 0 Å². The van der Waals surface area contributed by atoms with Gasteiger partial charge in [0.05, 0.1) is 12.0 Å². The molecule has 1 rings (SSSR count). The molecule has 0 spiro atoms. The average Bonchev–Trinajstić information content (AvgIpc) is 2.53. The summed E-state index contributed by atoms with van der Waals surface area (Å²) in [5, 5.41) is 12.8. The normalized spacial score (nSPS) is 25.5. The number of nitrogens with one attached hydrogen (secondary N) is 1. The maximum atomic E-state index is 9.17. The van der Waals surface area contributed by atoms with Crippen LogP contribution in [0.2, 0.25) is 0 Å². The van der Waals surface area contributed by atoms with Gasteiger partial charge in [-0.1, -0.05) is 46.0 Å². The average molecular weight is 236 g/mol. The summed E-state index contributed by atoms with van der Waals surface area (Å²) in [6, 6.07) is 2.95. The Kier molecular flexibility index (Phi) is 7.28. The minimum absolute atomic E-state index is 0.252. The van der Waals surface area contributed by atoms with Crippen LogP contribution in [0.25, 0.3) is 0 Å². The van der Waals surface area contributed by atoms with Gasteiger partial charge in [-0.2, -0.15) is 5.26 Å². The maximum Gasteiger partial charge on any atom is 0.0672 e. The van der Waals surface area contributed by atoms with Crippen LogP contribution in [-0.2, 0) is 0 Å². The molecule has 0 aromatic carbocycles. The highest BCUT2D eigenvalue weighted by Crippen LogP contribution is 2.22. The fourth-order valence-electron chi connectivity index (χ4n) is 2.67. The molecule has 98 valence electrons. The van der Waals surface area contributed by atoms with Gasteiger partial charge in [-0.05, 0) is 31.7 Å². The van der Waals surface area contributed by atoms with Gasteiger partial charge in [0, 0.05) is 6.04 Å². The molecule has 0 radical (unpaired) electrons. The lowest BCUT2D eigenvalue weighted by Gasteiger charge is -2.20. The lowest BCUT2D eigenvalue weighted by Crippen LogP contribution is -2.35. The van der Waals surface area contributed by atoms with Gasteiger partial charge in [-0.25, -0.2) is 0 Å². The molecule has 0 aromatic rings. The van der Waals surface area contributed by atoms with E-state index in [1.165, 1.54) is 44.9 Å². The van der Waals surface area contributed by atoms with E-state index >= 15 is 0 Å². The van der Waals surface area contributed by atoms with Crippen LogP contribution < -0.4 is 5.32 Å². The van der Waals surface area contributed by atoms with Gasteiger partial charge in [0.15, 0.2) is 0 Å². The third kappa shape index (κ3) is 6.07. The minimum atomic E-state index is 0.252. The maximum absolute atomic E-state index is 9.17. The monoisotopic (exact) mass is 236 g/mol. The Labute approximate surface area is 107 Å². The van der Waals surface area contributed by atoms with Crippen molar-refractivity contribution in [3.8, 4) is 6.07 Å². The summed E-state index contributed by atoms with van der Waals surface area (Å²) in [6.45, 7) is 5.66. The number of nitriles is 1. The zero-order valence-corrected chi connectivity index (χ0v) is 11.5. The number of unbranched alkanes of at least 4 members (excludes halogenated alkanes) is 1. The SMILES string of the molecule is CC(C)CCCCNC1CCCCCC1C#N. The molecule has 17 heavy (non-hydrogen) atoms. The van der Waals surface area contributed by atoms with Crippen molar-refractivity contribution in [3.63, 3.8) is 0 Å². The highest BCUT2D eigenvalue weighted by atomic mass is 14.9. The first-order valence-corrected chi connectivity index (χ1v) is 7.37. The van der Waals surface area contributed by atoms with Gasteiger partial charge in [-0.15, -0.1) is 0 Å². The molecule has 1 aliphatic rings. The topological polar surface area (TPSA) is 35.8 Å². The third-order valence-corrected chi connectivity index (χ3v) is 3.80. The zero-order chi connectivity index (χ0) is 12.5. The molecule has 0 amide bonds. The summed E-state index contributed by atoms with van der Waals surface area (Å²) < 4.78 is 0. The first-order chi connectivity index (χ1) is 8.24. The molecule has 2 unspecified atom stereocenters. The molecule has 0 heterocycles. The number of hydrogen-bond acceptors (Lipinski definition) is 2. The van der Waals surface area contributed by atoms with Crippen molar-refractivity contribution in [1.82, 2.24) is 5.32 Å². The second-order valence-electron chi connectivity index (χ2n) is 5.82. The van der Waals surface area contributed by atoms with E-state index in [-0.39, 0.29) is 5.92 Å². The van der Waals surface area contributed by atoms with E-state index in [0.29, 0.717) is 6.04 Å². The van der Waals surface area contributed by atoms with Crippen LogP contribution in [0.4, 0.5) is 0 Å². The standard InChI is InChI=1S/C15H28N2/c1-13(2)8-6-7-11-17-15-10-5-3-4-9-14(15)12-16/h13-15,17H,3-11H2,1-2H3. The Morgan fingerprint density at radius 2 is 1.94 bits per heavy atom. The van der Waals surface area contributed by atoms with Crippen molar-refractivity contribution >= 4 is 0 Å². The highest BCUT2D eigenvalue weighted by molar-refractivity contribution is 4.93. The fraction of sp³-hybridized carbons (Fsp3) is 0.933. The number of nitrogens with zero attached hydrogens (tertiary/aromatic N) is 1. The molecule has 2 heteroatoms. The molecular weight excluding hydrogens is 208 g/mol. The van der Waals surface area contributed by atoms with Crippen molar-refractivity contribution < 1.29 is 0 Å². The highest BCUT2D eigenvalue weighted by Gasteiger charge is 2.22. The van der Waals surface area contributed by atoms with Crippen LogP contribution in [0.15, 0.2) is 0 Å². The largest absolute Gasteiger partial charge is 0.313 e. The molecule has 1 N–H and O–H groups in total. The minimum Gasteiger partial charge on any atom is -0.313 e. The van der Waals surface area contributed by atoms with Crippen LogP contribution in [0.1, 0.15) is 65.2 Å². The Hall–Kier alpha value is -0.550. The summed E-state index contributed by atoms with van der Waals surface area (Å²) in [5.74, 6) is 1.07. The second kappa shape index (κ2) is 8.53. The number of hydrogen-bond donors (Lipinski definition) is 1. The molecular formula is C15H28N2. The lowest BCUT2D eigenvalue weighted by molar-refractivity contribution is 0.387. The molecule has 0 saturated heterocycles. The Balaban J connectivity index is 2.17. The fourth-order valence-corrected chi connectivity index (χ4v) is 2.67. The van der Waals surface area contributed by atoms with Gasteiger partial charge in [0.25, 0.3) is 0 Å². The van der Waals surface area contributed by atoms with Gasteiger partial charge in [0.1, 0.15) is 0 Å². The molecule has 0 aliphatic heterocycles. The van der Waals surface area contributed by atoms with Gasteiger partial charge in [-0.3, -0.25) is 0 Å². The summed E-state index contributed by atoms with van der Waals surface area (Å²) in [4.78, 5) is 0. The summed E-state index contributed by atoms with van der Waals surface area (Å²) in [5.41, 5.74) is 0. The first-order valence-electron chi connectivity index (χ1n) is 7.37. The third-order valence-electron chi connectivity index (χ3n) is 3.80. The van der Waals surface area contributed by atoms with Crippen LogP contribution in [0, 0.1) is 23.2 Å². The predicted molar refractivity (Wildman–Crippen MR) is 72.7 cm³/mol. The van der Waals surface area contributed by atoms with Crippen LogP contribution in [-0.4, -0.2) is 12.6 Å². The van der Waals surface area contributed by atoms with E-state index in [1.807, 2.05) is 0 Å². The number of rotatable bonds is 6.